The smallest absolute Gasteiger partial charge is 0.243 e. The van der Waals surface area contributed by atoms with Crippen molar-refractivity contribution in [2.45, 2.75) is 17.7 Å². The van der Waals surface area contributed by atoms with Gasteiger partial charge in [0.2, 0.25) is 10.0 Å². The number of rotatable bonds is 4. The maximum atomic E-state index is 13.6. The molecule has 0 bridgehead atoms. The van der Waals surface area contributed by atoms with Crippen LogP contribution < -0.4 is 0 Å². The fraction of sp³-hybridized carbons (Fsp3) is 0.217. The molecule has 2 heterocycles. The van der Waals surface area contributed by atoms with Crippen molar-refractivity contribution in [3.8, 4) is 5.69 Å². The normalized spacial score (nSPS) is 20.6. The number of hydrogen-bond donors (Lipinski definition) is 0. The molecule has 0 unspecified atom stereocenters. The molecular weight excluding hydrogens is 455 g/mol. The molecule has 0 radical (unpaired) electrons. The molecular formula is C23H18F3N3O3S. The highest BCUT2D eigenvalue weighted by molar-refractivity contribution is 7.89. The van der Waals surface area contributed by atoms with Gasteiger partial charge < -0.3 is 4.79 Å². The second kappa shape index (κ2) is 7.67. The molecule has 0 amide bonds. The van der Waals surface area contributed by atoms with Gasteiger partial charge in [-0.3, -0.25) is 0 Å². The van der Waals surface area contributed by atoms with Crippen LogP contribution in [0.1, 0.15) is 17.7 Å². The zero-order valence-electron chi connectivity index (χ0n) is 17.2. The number of fused-ring (bicyclic) bond motifs is 2. The number of aromatic nitrogens is 2. The fourth-order valence-electron chi connectivity index (χ4n) is 4.54. The highest BCUT2D eigenvalue weighted by Crippen LogP contribution is 2.44. The minimum absolute atomic E-state index is 0.0574. The Kier molecular flexibility index (Phi) is 5.02. The summed E-state index contributed by atoms with van der Waals surface area (Å²) in [5, 5.41) is 4.37. The third-order valence-electron chi connectivity index (χ3n) is 6.20. The summed E-state index contributed by atoms with van der Waals surface area (Å²) in [6, 6.07) is 7.98. The van der Waals surface area contributed by atoms with E-state index in [1.807, 2.05) is 6.08 Å². The van der Waals surface area contributed by atoms with E-state index in [-0.39, 0.29) is 31.7 Å². The van der Waals surface area contributed by atoms with Gasteiger partial charge in [0, 0.05) is 19.2 Å². The average Bonchev–Trinajstić information content (AvgIpc) is 3.19. The monoisotopic (exact) mass is 473 g/mol. The van der Waals surface area contributed by atoms with Gasteiger partial charge in [-0.05, 0) is 60.9 Å². The summed E-state index contributed by atoms with van der Waals surface area (Å²) in [5.74, 6) is -2.36. The topological polar surface area (TPSA) is 72.3 Å². The molecule has 1 aliphatic heterocycles. The first-order valence-electron chi connectivity index (χ1n) is 10.2. The number of sulfonamides is 1. The standard InChI is InChI=1S/C23H18F3N3O3S/c24-17-1-3-20(4-2-17)29-22-7-16-5-6-28(13-23(16,14-30)11-15(22)12-27-29)33(31,32)21-9-18(25)8-19(26)10-21/h1-4,7-10,12,14H,5-6,11,13H2/t23-/m1/s1. The Balaban J connectivity index is 1.50. The van der Waals surface area contributed by atoms with Crippen molar-refractivity contribution < 1.29 is 26.4 Å². The molecule has 5 rings (SSSR count). The molecule has 170 valence electrons. The molecule has 2 aliphatic rings. The lowest BCUT2D eigenvalue weighted by molar-refractivity contribution is -0.115. The first kappa shape index (κ1) is 21.6. The minimum atomic E-state index is -4.21. The number of carbonyl (C=O) groups excluding carboxylic acids is 1. The number of carbonyl (C=O) groups is 1. The van der Waals surface area contributed by atoms with Gasteiger partial charge >= 0.3 is 0 Å². The fourth-order valence-corrected chi connectivity index (χ4v) is 6.09. The molecule has 1 aliphatic carbocycles. The third kappa shape index (κ3) is 3.59. The zero-order chi connectivity index (χ0) is 23.4. The summed E-state index contributed by atoms with van der Waals surface area (Å²) in [6.07, 6.45) is 4.67. The number of piperidine rings is 1. The van der Waals surface area contributed by atoms with Crippen molar-refractivity contribution >= 4 is 22.4 Å². The molecule has 1 aromatic heterocycles. The van der Waals surface area contributed by atoms with Gasteiger partial charge in [0.1, 0.15) is 23.7 Å². The average molecular weight is 473 g/mol. The van der Waals surface area contributed by atoms with Gasteiger partial charge in [-0.25, -0.2) is 26.3 Å². The van der Waals surface area contributed by atoms with Crippen molar-refractivity contribution in [3.63, 3.8) is 0 Å². The molecule has 2 aromatic carbocycles. The van der Waals surface area contributed by atoms with E-state index in [2.05, 4.69) is 5.10 Å². The Morgan fingerprint density at radius 2 is 1.70 bits per heavy atom. The van der Waals surface area contributed by atoms with Gasteiger partial charge in [-0.2, -0.15) is 9.40 Å². The van der Waals surface area contributed by atoms with E-state index < -0.39 is 32.0 Å². The summed E-state index contributed by atoms with van der Waals surface area (Å²) >= 11 is 0. The first-order chi connectivity index (χ1) is 15.7. The van der Waals surface area contributed by atoms with Crippen molar-refractivity contribution in [2.24, 2.45) is 5.41 Å². The number of halogens is 3. The van der Waals surface area contributed by atoms with E-state index in [1.165, 1.54) is 12.1 Å². The Labute approximate surface area is 188 Å². The Hall–Kier alpha value is -3.24. The first-order valence-corrected chi connectivity index (χ1v) is 11.6. The molecule has 0 N–H and O–H groups in total. The van der Waals surface area contributed by atoms with Crippen molar-refractivity contribution in [3.05, 3.63) is 82.9 Å². The summed E-state index contributed by atoms with van der Waals surface area (Å²) in [5.41, 5.74) is 1.79. The van der Waals surface area contributed by atoms with Gasteiger partial charge in [0.15, 0.2) is 0 Å². The van der Waals surface area contributed by atoms with E-state index in [9.17, 15) is 26.4 Å². The van der Waals surface area contributed by atoms with E-state index in [1.54, 1.807) is 23.0 Å². The maximum absolute atomic E-state index is 13.6. The molecule has 33 heavy (non-hydrogen) atoms. The highest BCUT2D eigenvalue weighted by atomic mass is 32.2. The van der Waals surface area contributed by atoms with E-state index in [0.717, 1.165) is 39.6 Å². The minimum Gasteiger partial charge on any atom is -0.302 e. The molecule has 1 fully saturated rings. The Morgan fingerprint density at radius 1 is 1.00 bits per heavy atom. The molecule has 0 spiro atoms. The molecule has 10 heteroatoms. The lowest BCUT2D eigenvalue weighted by Gasteiger charge is -2.42. The summed E-state index contributed by atoms with van der Waals surface area (Å²) in [4.78, 5) is 11.8. The highest BCUT2D eigenvalue weighted by Gasteiger charge is 2.46. The van der Waals surface area contributed by atoms with E-state index >= 15 is 0 Å². The molecule has 3 aromatic rings. The lowest BCUT2D eigenvalue weighted by Crippen LogP contribution is -2.50. The summed E-state index contributed by atoms with van der Waals surface area (Å²) in [7, 11) is -4.21. The van der Waals surface area contributed by atoms with Crippen LogP contribution in [0.5, 0.6) is 0 Å². The van der Waals surface area contributed by atoms with Crippen molar-refractivity contribution in [2.75, 3.05) is 13.1 Å². The summed E-state index contributed by atoms with van der Waals surface area (Å²) < 4.78 is 69.5. The van der Waals surface area contributed by atoms with E-state index in [0.29, 0.717) is 11.8 Å². The predicted octanol–water partition coefficient (Wildman–Crippen LogP) is 3.51. The lowest BCUT2D eigenvalue weighted by atomic mass is 9.70. The number of aldehydes is 1. The van der Waals surface area contributed by atoms with Crippen LogP contribution in [0.25, 0.3) is 11.8 Å². The van der Waals surface area contributed by atoms with Crippen LogP contribution in [0, 0.1) is 22.9 Å². The van der Waals surface area contributed by atoms with Crippen LogP contribution >= 0.6 is 0 Å². The molecule has 1 saturated heterocycles. The van der Waals surface area contributed by atoms with Gasteiger partial charge in [-0.15, -0.1) is 0 Å². The van der Waals surface area contributed by atoms with Crippen molar-refractivity contribution in [1.29, 1.82) is 0 Å². The zero-order valence-corrected chi connectivity index (χ0v) is 18.0. The molecule has 1 atom stereocenters. The Bertz CT molecular complexity index is 1380. The van der Waals surface area contributed by atoms with Crippen LogP contribution in [0.2, 0.25) is 0 Å². The largest absolute Gasteiger partial charge is 0.302 e. The summed E-state index contributed by atoms with van der Waals surface area (Å²) in [6.45, 7) is -0.0914. The molecule has 6 nitrogen and oxygen atoms in total. The number of hydrogen-bond acceptors (Lipinski definition) is 4. The number of benzene rings is 2. The second-order valence-electron chi connectivity index (χ2n) is 8.26. The van der Waals surface area contributed by atoms with Gasteiger partial charge in [-0.1, -0.05) is 5.57 Å². The van der Waals surface area contributed by atoms with Crippen LogP contribution in [-0.2, 0) is 21.2 Å². The van der Waals surface area contributed by atoms with Crippen LogP contribution in [-0.4, -0.2) is 41.9 Å². The Morgan fingerprint density at radius 3 is 2.36 bits per heavy atom. The predicted molar refractivity (Wildman–Crippen MR) is 113 cm³/mol. The van der Waals surface area contributed by atoms with E-state index in [4.69, 9.17) is 0 Å². The second-order valence-corrected chi connectivity index (χ2v) is 10.2. The maximum Gasteiger partial charge on any atom is 0.243 e. The SMILES string of the molecule is O=C[C@]12Cc3cnn(-c4ccc(F)cc4)c3C=C1CCN(S(=O)(=O)c1cc(F)cc(F)c1)C2. The number of nitrogens with zero attached hydrogens (tertiary/aromatic N) is 3. The van der Waals surface area contributed by atoms with Crippen LogP contribution in [0.15, 0.2) is 59.1 Å². The third-order valence-corrected chi connectivity index (χ3v) is 8.03. The van der Waals surface area contributed by atoms with Crippen LogP contribution in [0.4, 0.5) is 13.2 Å². The van der Waals surface area contributed by atoms with Gasteiger partial charge in [0.25, 0.3) is 0 Å². The van der Waals surface area contributed by atoms with Crippen LogP contribution in [0.3, 0.4) is 0 Å². The quantitative estimate of drug-likeness (QED) is 0.544. The van der Waals surface area contributed by atoms with Crippen molar-refractivity contribution in [1.82, 2.24) is 14.1 Å². The molecule has 0 saturated carbocycles. The van der Waals surface area contributed by atoms with Gasteiger partial charge in [0.05, 0.1) is 27.9 Å².